The van der Waals surface area contributed by atoms with E-state index in [1.165, 1.54) is 0 Å². The molecule has 0 saturated heterocycles. The van der Waals surface area contributed by atoms with Crippen LogP contribution in [0, 0.1) is 11.8 Å². The third-order valence-electron chi connectivity index (χ3n) is 7.12. The highest BCUT2D eigenvalue weighted by atomic mass is 35.5. The maximum Gasteiger partial charge on any atom is 0.490 e. The molecular weight excluding hydrogens is 569 g/mol. The summed E-state index contributed by atoms with van der Waals surface area (Å²) in [6.45, 7) is 8.28. The molecule has 1 fully saturated rings. The van der Waals surface area contributed by atoms with Crippen molar-refractivity contribution >= 4 is 35.3 Å². The second kappa shape index (κ2) is 12.0. The summed E-state index contributed by atoms with van der Waals surface area (Å²) in [5.41, 5.74) is 6.19. The van der Waals surface area contributed by atoms with Crippen LogP contribution in [0.25, 0.3) is 0 Å². The molecule has 0 bridgehead atoms. The van der Waals surface area contributed by atoms with Gasteiger partial charge in [0.05, 0.1) is 18.0 Å². The third-order valence-corrected chi connectivity index (χ3v) is 7.36. The molecule has 0 unspecified atom stereocenters. The largest absolute Gasteiger partial charge is 0.490 e. The smallest absolute Gasteiger partial charge is 0.487 e. The number of aliphatic carboxylic acids is 1. The Balaban J connectivity index is 0.000000587. The van der Waals surface area contributed by atoms with Crippen molar-refractivity contribution in [2.75, 3.05) is 13.7 Å². The lowest BCUT2D eigenvalue weighted by molar-refractivity contribution is -0.192. The number of benzene rings is 1. The summed E-state index contributed by atoms with van der Waals surface area (Å²) >= 11 is 6.23. The molecule has 1 saturated carbocycles. The molecule has 4 rings (SSSR count). The highest BCUT2D eigenvalue weighted by Gasteiger charge is 2.52. The normalized spacial score (nSPS) is 25.0. The molecule has 0 aromatic heterocycles. The zero-order chi connectivity index (χ0) is 30.9. The maximum absolute atomic E-state index is 13.3. The number of nitrogens with zero attached hydrogens (tertiary/aromatic N) is 2. The molecule has 0 spiro atoms. The van der Waals surface area contributed by atoms with Gasteiger partial charge in [0.2, 0.25) is 11.8 Å². The first-order chi connectivity index (χ1) is 18.8. The number of nitrogens with one attached hydrogen (secondary N) is 1. The quantitative estimate of drug-likeness (QED) is 0.426. The molecule has 10 nitrogen and oxygen atoms in total. The molecule has 2 heterocycles. The number of hydrogen-bond donors (Lipinski definition) is 3. The van der Waals surface area contributed by atoms with Crippen LogP contribution >= 0.6 is 11.6 Å². The lowest BCUT2D eigenvalue weighted by atomic mass is 9.89. The van der Waals surface area contributed by atoms with E-state index >= 15 is 0 Å². The summed E-state index contributed by atoms with van der Waals surface area (Å²) in [4.78, 5) is 41.3. The standard InChI is InChI=1S/C25H35ClN4O4.C2HF3O2/c1-24(2)13-21(31)30(23(27)29-24)19(8-9-33-5)15-11-16(15)22(32)28-18-12-25(3,4)34-20-7-6-14(26)10-17(18)20;3-2(4,5)1(6)7/h6-7,10,15-16,18-19H,8-9,11-13H2,1-5H3,(H2,27,29)(H,28,32);(H,6,7)/t15-,16-,18+,19-;/m1./s1. The number of rotatable bonds is 7. The first-order valence-corrected chi connectivity index (χ1v) is 13.5. The first-order valence-electron chi connectivity index (χ1n) is 13.1. The average Bonchev–Trinajstić information content (AvgIpc) is 3.60. The SMILES string of the molecule is COCC[C@H]([C@@H]1C[C@H]1C(=O)N[C@H]1CC(C)(C)Oc2ccc(Cl)cc21)N1C(=O)CC(C)(C)N=C1N.O=C(O)C(F)(F)F. The summed E-state index contributed by atoms with van der Waals surface area (Å²) in [5, 5.41) is 11.0. The molecule has 1 aromatic rings. The van der Waals surface area contributed by atoms with Gasteiger partial charge in [-0.25, -0.2) is 9.79 Å². The topological polar surface area (TPSA) is 144 Å². The van der Waals surface area contributed by atoms with E-state index in [0.29, 0.717) is 30.9 Å². The summed E-state index contributed by atoms with van der Waals surface area (Å²) < 4.78 is 43.1. The second-order valence-electron chi connectivity index (χ2n) is 11.7. The summed E-state index contributed by atoms with van der Waals surface area (Å²) in [6, 6.07) is 5.07. The number of amides is 2. The Hall–Kier alpha value is -3.06. The number of ether oxygens (including phenoxy) is 2. The van der Waals surface area contributed by atoms with Crippen LogP contribution in [0.15, 0.2) is 23.2 Å². The molecule has 1 aliphatic carbocycles. The summed E-state index contributed by atoms with van der Waals surface area (Å²) in [6.07, 6.45) is -2.88. The monoisotopic (exact) mass is 604 g/mol. The van der Waals surface area contributed by atoms with Crippen molar-refractivity contribution in [3.63, 3.8) is 0 Å². The van der Waals surface area contributed by atoms with Crippen molar-refractivity contribution < 1.29 is 42.1 Å². The van der Waals surface area contributed by atoms with E-state index in [-0.39, 0.29) is 48.1 Å². The van der Waals surface area contributed by atoms with Crippen LogP contribution < -0.4 is 15.8 Å². The van der Waals surface area contributed by atoms with E-state index in [4.69, 9.17) is 36.7 Å². The van der Waals surface area contributed by atoms with Crippen molar-refractivity contribution in [1.29, 1.82) is 0 Å². The van der Waals surface area contributed by atoms with Crippen molar-refractivity contribution in [1.82, 2.24) is 10.2 Å². The maximum atomic E-state index is 13.3. The molecule has 4 N–H and O–H groups in total. The van der Waals surface area contributed by atoms with Crippen molar-refractivity contribution in [2.45, 2.75) is 82.8 Å². The van der Waals surface area contributed by atoms with Crippen LogP contribution in [0.2, 0.25) is 5.02 Å². The average molecular weight is 605 g/mol. The number of hydrogen-bond acceptors (Lipinski definition) is 7. The van der Waals surface area contributed by atoms with Gasteiger partial charge in [-0.05, 0) is 64.7 Å². The number of nitrogens with two attached hydrogens (primary N) is 1. The Morgan fingerprint density at radius 1 is 1.32 bits per heavy atom. The fourth-order valence-corrected chi connectivity index (χ4v) is 5.47. The number of carbonyl (C=O) groups excluding carboxylic acids is 2. The Morgan fingerprint density at radius 3 is 2.51 bits per heavy atom. The molecular formula is C27H36ClF3N4O6. The van der Waals surface area contributed by atoms with Crippen LogP contribution in [0.1, 0.15) is 65.0 Å². The predicted molar refractivity (Wildman–Crippen MR) is 144 cm³/mol. The van der Waals surface area contributed by atoms with Gasteiger partial charge in [-0.15, -0.1) is 0 Å². The lowest BCUT2D eigenvalue weighted by Gasteiger charge is -2.38. The number of aliphatic imine (C=N–C) groups is 1. The van der Waals surface area contributed by atoms with Crippen LogP contribution in [0.4, 0.5) is 13.2 Å². The predicted octanol–water partition coefficient (Wildman–Crippen LogP) is 4.06. The van der Waals surface area contributed by atoms with Crippen LogP contribution in [0.3, 0.4) is 0 Å². The number of carboxylic acid groups (broad SMARTS) is 1. The van der Waals surface area contributed by atoms with E-state index in [2.05, 4.69) is 10.3 Å². The minimum absolute atomic E-state index is 0.000690. The Labute approximate surface area is 241 Å². The molecule has 41 heavy (non-hydrogen) atoms. The molecule has 1 aromatic carbocycles. The van der Waals surface area contributed by atoms with Crippen molar-refractivity contribution in [2.24, 2.45) is 22.6 Å². The highest BCUT2D eigenvalue weighted by Crippen LogP contribution is 2.47. The van der Waals surface area contributed by atoms with Crippen LogP contribution in [0.5, 0.6) is 5.75 Å². The number of carbonyl (C=O) groups is 3. The second-order valence-corrected chi connectivity index (χ2v) is 12.1. The van der Waals surface area contributed by atoms with E-state index < -0.39 is 23.3 Å². The minimum Gasteiger partial charge on any atom is -0.487 e. The van der Waals surface area contributed by atoms with Gasteiger partial charge in [0.1, 0.15) is 11.4 Å². The molecule has 228 valence electrons. The number of fused-ring (bicyclic) bond motifs is 1. The first kappa shape index (κ1) is 32.5. The molecule has 2 amide bonds. The van der Waals surface area contributed by atoms with Crippen molar-refractivity contribution in [3.8, 4) is 5.75 Å². The van der Waals surface area contributed by atoms with Gasteiger partial charge >= 0.3 is 12.1 Å². The zero-order valence-corrected chi connectivity index (χ0v) is 24.3. The Bertz CT molecular complexity index is 1210. The molecule has 2 aliphatic heterocycles. The molecule has 4 atom stereocenters. The Kier molecular flexibility index (Phi) is 9.53. The van der Waals surface area contributed by atoms with E-state index in [0.717, 1.165) is 11.3 Å². The van der Waals surface area contributed by atoms with Gasteiger partial charge in [-0.2, -0.15) is 13.2 Å². The molecule has 3 aliphatic rings. The van der Waals surface area contributed by atoms with Gasteiger partial charge in [-0.1, -0.05) is 11.6 Å². The summed E-state index contributed by atoms with van der Waals surface area (Å²) in [5.74, 6) is -2.08. The lowest BCUT2D eigenvalue weighted by Crippen LogP contribution is -2.55. The van der Waals surface area contributed by atoms with E-state index in [1.54, 1.807) is 18.1 Å². The van der Waals surface area contributed by atoms with Crippen LogP contribution in [-0.4, -0.2) is 70.8 Å². The summed E-state index contributed by atoms with van der Waals surface area (Å²) in [7, 11) is 1.63. The Morgan fingerprint density at radius 2 is 1.95 bits per heavy atom. The number of methoxy groups -OCH3 is 1. The van der Waals surface area contributed by atoms with Gasteiger partial charge in [0.15, 0.2) is 5.96 Å². The minimum atomic E-state index is -5.08. The van der Waals surface area contributed by atoms with Gasteiger partial charge in [0, 0.05) is 42.7 Å². The third kappa shape index (κ3) is 8.25. The number of carboxylic acids is 1. The van der Waals surface area contributed by atoms with Crippen LogP contribution in [-0.2, 0) is 19.1 Å². The fraction of sp³-hybridized carbons (Fsp3) is 0.630. The zero-order valence-electron chi connectivity index (χ0n) is 23.5. The van der Waals surface area contributed by atoms with Gasteiger partial charge in [-0.3, -0.25) is 14.5 Å². The van der Waals surface area contributed by atoms with Gasteiger partial charge in [0.25, 0.3) is 0 Å². The van der Waals surface area contributed by atoms with Gasteiger partial charge < -0.3 is 25.6 Å². The van der Waals surface area contributed by atoms with E-state index in [9.17, 15) is 22.8 Å². The highest BCUT2D eigenvalue weighted by molar-refractivity contribution is 6.30. The number of alkyl halides is 3. The number of halogens is 4. The van der Waals surface area contributed by atoms with E-state index in [1.807, 2.05) is 39.8 Å². The van der Waals surface area contributed by atoms with Crippen molar-refractivity contribution in [3.05, 3.63) is 28.8 Å². The number of guanidine groups is 1. The fourth-order valence-electron chi connectivity index (χ4n) is 5.29. The molecule has 0 radical (unpaired) electrons. The molecule has 14 heteroatoms.